The van der Waals surface area contributed by atoms with Gasteiger partial charge in [0, 0.05) is 41.7 Å². The average molecular weight is 397 g/mol. The Labute approximate surface area is 172 Å². The van der Waals surface area contributed by atoms with E-state index in [1.54, 1.807) is 7.11 Å². The van der Waals surface area contributed by atoms with Crippen LogP contribution in [0, 0.1) is 12.3 Å². The lowest BCUT2D eigenvalue weighted by atomic mass is 9.75. The molecule has 0 saturated carbocycles. The summed E-state index contributed by atoms with van der Waals surface area (Å²) in [5, 5.41) is 11.7. The van der Waals surface area contributed by atoms with E-state index in [1.165, 1.54) is 5.56 Å². The molecule has 0 fully saturated rings. The van der Waals surface area contributed by atoms with Crippen LogP contribution >= 0.6 is 0 Å². The molecular weight excluding hydrogens is 364 g/mol. The third-order valence-electron chi connectivity index (χ3n) is 5.62. The number of hydrogen-bond donors (Lipinski definition) is 2. The largest absolute Gasteiger partial charge is 0.511 e. The monoisotopic (exact) mass is 396 g/mol. The van der Waals surface area contributed by atoms with Crippen LogP contribution in [-0.2, 0) is 11.2 Å². The fourth-order valence-corrected chi connectivity index (χ4v) is 4.25. The first kappa shape index (κ1) is 21.2. The van der Waals surface area contributed by atoms with Gasteiger partial charge in [-0.15, -0.1) is 0 Å². The highest BCUT2D eigenvalue weighted by Crippen LogP contribution is 2.36. The van der Waals surface area contributed by atoms with Gasteiger partial charge in [-0.2, -0.15) is 0 Å². The van der Waals surface area contributed by atoms with Crippen LogP contribution in [0.3, 0.4) is 0 Å². The highest BCUT2D eigenvalue weighted by molar-refractivity contribution is 6.23. The van der Waals surface area contributed by atoms with E-state index in [9.17, 15) is 9.90 Å². The average Bonchev–Trinajstić information content (AvgIpc) is 2.94. The van der Waals surface area contributed by atoms with Gasteiger partial charge in [-0.25, -0.2) is 0 Å². The van der Waals surface area contributed by atoms with Crippen LogP contribution in [0.1, 0.15) is 57.7 Å². The predicted molar refractivity (Wildman–Crippen MR) is 118 cm³/mol. The molecule has 1 heterocycles. The molecule has 0 saturated heterocycles. The molecule has 29 heavy (non-hydrogen) atoms. The summed E-state index contributed by atoms with van der Waals surface area (Å²) in [7, 11) is 1.67. The van der Waals surface area contributed by atoms with Crippen LogP contribution in [0.15, 0.2) is 34.5 Å². The number of aromatic amines is 1. The lowest BCUT2D eigenvalue weighted by Crippen LogP contribution is -2.29. The maximum Gasteiger partial charge on any atom is 0.168 e. The van der Waals surface area contributed by atoms with E-state index in [0.717, 1.165) is 40.9 Å². The van der Waals surface area contributed by atoms with Crippen LogP contribution < -0.4 is 4.74 Å². The van der Waals surface area contributed by atoms with Crippen molar-refractivity contribution in [3.8, 4) is 5.75 Å². The van der Waals surface area contributed by atoms with Gasteiger partial charge in [-0.1, -0.05) is 27.2 Å². The van der Waals surface area contributed by atoms with Crippen molar-refractivity contribution < 1.29 is 14.6 Å². The summed E-state index contributed by atoms with van der Waals surface area (Å²) in [5.41, 5.74) is 4.44. The number of nitrogens with zero attached hydrogens (tertiary/aromatic N) is 1. The number of ether oxygens (including phenoxy) is 1. The Hall–Kier alpha value is -2.56. The zero-order chi connectivity index (χ0) is 21.2. The van der Waals surface area contributed by atoms with E-state index in [2.05, 4.69) is 18.8 Å². The van der Waals surface area contributed by atoms with Crippen LogP contribution in [0.4, 0.5) is 0 Å². The smallest absolute Gasteiger partial charge is 0.168 e. The predicted octanol–water partition coefficient (Wildman–Crippen LogP) is 5.47. The number of rotatable bonds is 7. The van der Waals surface area contributed by atoms with E-state index in [1.807, 2.05) is 32.0 Å². The third kappa shape index (κ3) is 4.55. The fourth-order valence-electron chi connectivity index (χ4n) is 4.25. The molecule has 1 aromatic carbocycles. The summed E-state index contributed by atoms with van der Waals surface area (Å²) in [6, 6.07) is 6.03. The molecule has 156 valence electrons. The topological polar surface area (TPSA) is 74.7 Å². The van der Waals surface area contributed by atoms with Gasteiger partial charge in [-0.05, 0) is 48.9 Å². The number of ketones is 1. The Morgan fingerprint density at radius 1 is 1.31 bits per heavy atom. The third-order valence-corrected chi connectivity index (χ3v) is 5.62. The van der Waals surface area contributed by atoms with Gasteiger partial charge >= 0.3 is 0 Å². The lowest BCUT2D eigenvalue weighted by molar-refractivity contribution is -0.117. The van der Waals surface area contributed by atoms with Crippen molar-refractivity contribution in [1.82, 2.24) is 4.98 Å². The molecule has 5 heteroatoms. The highest BCUT2D eigenvalue weighted by Gasteiger charge is 2.34. The van der Waals surface area contributed by atoms with Crippen LogP contribution in [0.25, 0.3) is 10.9 Å². The second-order valence-corrected chi connectivity index (χ2v) is 8.73. The normalized spacial score (nSPS) is 17.3. The number of benzene rings is 1. The Morgan fingerprint density at radius 3 is 2.72 bits per heavy atom. The Morgan fingerprint density at radius 2 is 2.07 bits per heavy atom. The Bertz CT molecular complexity index is 979. The molecule has 1 aliphatic rings. The van der Waals surface area contributed by atoms with Crippen molar-refractivity contribution in [2.24, 2.45) is 10.4 Å². The second kappa shape index (κ2) is 8.44. The molecule has 0 aliphatic heterocycles. The highest BCUT2D eigenvalue weighted by atomic mass is 16.5. The molecule has 2 N–H and O–H groups in total. The summed E-state index contributed by atoms with van der Waals surface area (Å²) in [6.07, 6.45) is 3.33. The number of carbonyl (C=O) groups excluding carboxylic acids is 1. The van der Waals surface area contributed by atoms with Gasteiger partial charge in [-0.3, -0.25) is 9.79 Å². The van der Waals surface area contributed by atoms with Gasteiger partial charge in [0.25, 0.3) is 0 Å². The van der Waals surface area contributed by atoms with Gasteiger partial charge in [0.15, 0.2) is 5.78 Å². The molecule has 1 aliphatic carbocycles. The van der Waals surface area contributed by atoms with Crippen molar-refractivity contribution in [3.05, 3.63) is 40.8 Å². The van der Waals surface area contributed by atoms with E-state index >= 15 is 0 Å². The molecule has 1 aromatic heterocycles. The summed E-state index contributed by atoms with van der Waals surface area (Å²) in [4.78, 5) is 20.9. The number of hydrogen-bond acceptors (Lipinski definition) is 4. The first-order valence-corrected chi connectivity index (χ1v) is 10.4. The number of nitrogens with one attached hydrogen (secondary N) is 1. The second-order valence-electron chi connectivity index (χ2n) is 8.73. The number of aliphatic hydroxyl groups excluding tert-OH is 1. The number of H-pyrrole nitrogens is 1. The molecule has 3 rings (SSSR count). The van der Waals surface area contributed by atoms with Gasteiger partial charge in [0.2, 0.25) is 0 Å². The number of aliphatic hydroxyl groups is 1. The number of carbonyl (C=O) groups is 1. The zero-order valence-electron chi connectivity index (χ0n) is 18.2. The van der Waals surface area contributed by atoms with E-state index in [-0.39, 0.29) is 17.0 Å². The number of fused-ring (bicyclic) bond motifs is 1. The molecule has 0 amide bonds. The zero-order valence-corrected chi connectivity index (χ0v) is 18.2. The van der Waals surface area contributed by atoms with Gasteiger partial charge in [0.1, 0.15) is 11.5 Å². The molecule has 0 spiro atoms. The van der Waals surface area contributed by atoms with Crippen molar-refractivity contribution in [1.29, 1.82) is 0 Å². The quantitative estimate of drug-likeness (QED) is 0.609. The van der Waals surface area contributed by atoms with E-state index < -0.39 is 0 Å². The number of Topliss-reactive ketones (excluding diaryl/α,β-unsaturated/α-hetero) is 1. The number of aliphatic imine (C=N–C) groups is 1. The van der Waals surface area contributed by atoms with Crippen molar-refractivity contribution in [2.75, 3.05) is 13.7 Å². The maximum atomic E-state index is 12.7. The minimum Gasteiger partial charge on any atom is -0.511 e. The summed E-state index contributed by atoms with van der Waals surface area (Å²) >= 11 is 0. The van der Waals surface area contributed by atoms with Crippen molar-refractivity contribution in [2.45, 2.75) is 59.8 Å². The molecule has 0 radical (unpaired) electrons. The molecule has 2 aromatic rings. The summed E-state index contributed by atoms with van der Waals surface area (Å²) in [5.74, 6) is 1.05. The minimum absolute atomic E-state index is 0.0129. The molecule has 0 unspecified atom stereocenters. The summed E-state index contributed by atoms with van der Waals surface area (Å²) in [6.45, 7) is 8.75. The lowest BCUT2D eigenvalue weighted by Gasteiger charge is -2.30. The van der Waals surface area contributed by atoms with Gasteiger partial charge < -0.3 is 14.8 Å². The van der Waals surface area contributed by atoms with Crippen LogP contribution in [-0.4, -0.2) is 35.2 Å². The van der Waals surface area contributed by atoms with Crippen molar-refractivity contribution in [3.63, 3.8) is 0 Å². The Balaban J connectivity index is 1.86. The number of allylic oxidation sites excluding steroid dienone is 2. The van der Waals surface area contributed by atoms with Gasteiger partial charge in [0.05, 0.1) is 12.7 Å². The minimum atomic E-state index is -0.192. The number of aromatic nitrogens is 1. The van der Waals surface area contributed by atoms with Crippen LogP contribution in [0.2, 0.25) is 0 Å². The molecule has 0 bridgehead atoms. The standard InChI is InChI=1S/C24H32N2O3/c1-6-7-20(23-21(27)13-24(3,4)14-22(23)28)25-11-10-17-15(2)26-19-9-8-16(29-5)12-18(17)19/h8-9,12,26-27H,6-7,10-11,13-14H2,1-5H3. The Kier molecular flexibility index (Phi) is 6.15. The van der Waals surface area contributed by atoms with E-state index in [4.69, 9.17) is 9.73 Å². The summed E-state index contributed by atoms with van der Waals surface area (Å²) < 4.78 is 5.37. The SMILES string of the molecule is CCCC(=NCCc1c(C)[nH]c2ccc(OC)cc12)C1=C(O)CC(C)(C)CC1=O. The molecule has 0 atom stereocenters. The number of aryl methyl sites for hydroxylation is 1. The van der Waals surface area contributed by atoms with Crippen molar-refractivity contribution >= 4 is 22.4 Å². The molecular formula is C24H32N2O3. The van der Waals surface area contributed by atoms with E-state index in [0.29, 0.717) is 31.4 Å². The maximum absolute atomic E-state index is 12.7. The van der Waals surface area contributed by atoms with Crippen LogP contribution in [0.5, 0.6) is 5.75 Å². The number of methoxy groups -OCH3 is 1. The first-order valence-electron chi connectivity index (χ1n) is 10.4. The fraction of sp³-hybridized carbons (Fsp3) is 0.500. The first-order chi connectivity index (χ1) is 13.8. The molecule has 5 nitrogen and oxygen atoms in total.